The summed E-state index contributed by atoms with van der Waals surface area (Å²) in [7, 11) is 0. The van der Waals surface area contributed by atoms with E-state index >= 15 is 0 Å². The van der Waals surface area contributed by atoms with Crippen molar-refractivity contribution in [3.8, 4) is 5.75 Å². The van der Waals surface area contributed by atoms with Crippen LogP contribution < -0.4 is 4.74 Å². The van der Waals surface area contributed by atoms with Gasteiger partial charge in [-0.2, -0.15) is 0 Å². The number of benzene rings is 2. The minimum absolute atomic E-state index is 0.417. The van der Waals surface area contributed by atoms with Crippen LogP contribution in [-0.4, -0.2) is 0 Å². The van der Waals surface area contributed by atoms with Gasteiger partial charge in [-0.05, 0) is 65.1 Å². The topological polar surface area (TPSA) is 9.23 Å². The van der Waals surface area contributed by atoms with Crippen molar-refractivity contribution in [1.29, 1.82) is 0 Å². The van der Waals surface area contributed by atoms with Crippen LogP contribution >= 0.6 is 45.8 Å². The maximum atomic E-state index is 6.05. The molecule has 0 atom stereocenters. The summed E-state index contributed by atoms with van der Waals surface area (Å²) in [4.78, 5) is 0. The van der Waals surface area contributed by atoms with Crippen LogP contribution in [0.5, 0.6) is 5.75 Å². The summed E-state index contributed by atoms with van der Waals surface area (Å²) in [6, 6.07) is 13.2. The number of rotatable bonds is 3. The van der Waals surface area contributed by atoms with Gasteiger partial charge in [0.15, 0.2) is 0 Å². The first kappa shape index (κ1) is 13.0. The van der Waals surface area contributed by atoms with Gasteiger partial charge < -0.3 is 4.74 Å². The molecule has 0 aromatic heterocycles. The van der Waals surface area contributed by atoms with Gasteiger partial charge in [0.05, 0.1) is 0 Å². The molecule has 88 valence electrons. The van der Waals surface area contributed by atoms with E-state index in [1.54, 1.807) is 12.1 Å². The highest BCUT2D eigenvalue weighted by Crippen LogP contribution is 2.22. The average molecular weight is 379 g/mol. The summed E-state index contributed by atoms with van der Waals surface area (Å²) >= 11 is 14.2. The minimum atomic E-state index is 0.417. The van der Waals surface area contributed by atoms with E-state index in [-0.39, 0.29) is 0 Å². The molecule has 0 spiro atoms. The molecule has 1 nitrogen and oxygen atoms in total. The second kappa shape index (κ2) is 5.94. The number of hydrogen-bond acceptors (Lipinski definition) is 1. The highest BCUT2D eigenvalue weighted by molar-refractivity contribution is 14.1. The fourth-order valence-corrected chi connectivity index (χ4v) is 2.07. The van der Waals surface area contributed by atoms with Crippen molar-refractivity contribution in [2.75, 3.05) is 0 Å². The van der Waals surface area contributed by atoms with Crippen molar-refractivity contribution in [2.24, 2.45) is 0 Å². The fraction of sp³-hybridized carbons (Fsp3) is 0.0769. The zero-order valence-electron chi connectivity index (χ0n) is 8.79. The summed E-state index contributed by atoms with van der Waals surface area (Å²) < 4.78 is 6.81. The maximum Gasteiger partial charge on any atom is 0.119 e. The average Bonchev–Trinajstić information content (AvgIpc) is 2.32. The van der Waals surface area contributed by atoms with Crippen molar-refractivity contribution in [3.63, 3.8) is 0 Å². The van der Waals surface area contributed by atoms with Crippen LogP contribution in [0.2, 0.25) is 10.0 Å². The second-order valence-corrected chi connectivity index (χ2v) is 5.57. The molecular formula is C13H9Cl2IO. The third-order valence-corrected chi connectivity index (χ3v) is 3.54. The molecule has 4 heteroatoms. The maximum absolute atomic E-state index is 6.05. The van der Waals surface area contributed by atoms with Crippen LogP contribution in [-0.2, 0) is 6.61 Å². The highest BCUT2D eigenvalue weighted by Gasteiger charge is 2.02. The molecule has 0 aliphatic heterocycles. The van der Waals surface area contributed by atoms with E-state index in [0.717, 1.165) is 11.3 Å². The molecule has 0 aliphatic rings. The molecule has 0 N–H and O–H groups in total. The van der Waals surface area contributed by atoms with Crippen molar-refractivity contribution < 1.29 is 4.74 Å². The summed E-state index contributed by atoms with van der Waals surface area (Å²) in [6.07, 6.45) is 0. The molecular weight excluding hydrogens is 370 g/mol. The smallest absolute Gasteiger partial charge is 0.119 e. The van der Waals surface area contributed by atoms with Gasteiger partial charge in [-0.25, -0.2) is 0 Å². The quantitative estimate of drug-likeness (QED) is 0.669. The van der Waals surface area contributed by atoms with Gasteiger partial charge in [-0.15, -0.1) is 0 Å². The van der Waals surface area contributed by atoms with Crippen LogP contribution in [0.15, 0.2) is 42.5 Å². The molecule has 0 heterocycles. The number of ether oxygens (including phenoxy) is 1. The van der Waals surface area contributed by atoms with Crippen molar-refractivity contribution in [2.45, 2.75) is 6.61 Å². The minimum Gasteiger partial charge on any atom is -0.489 e. The monoisotopic (exact) mass is 378 g/mol. The summed E-state index contributed by atoms with van der Waals surface area (Å²) in [5, 5.41) is 1.33. The molecule has 0 amide bonds. The molecule has 0 bridgehead atoms. The molecule has 0 radical (unpaired) electrons. The Morgan fingerprint density at radius 3 is 2.41 bits per heavy atom. The molecule has 0 aliphatic carbocycles. The Morgan fingerprint density at radius 2 is 1.71 bits per heavy atom. The van der Waals surface area contributed by atoms with Crippen molar-refractivity contribution >= 4 is 45.8 Å². The van der Waals surface area contributed by atoms with Crippen LogP contribution in [0.1, 0.15) is 5.56 Å². The molecule has 2 aromatic rings. The Balaban J connectivity index is 2.07. The molecule has 2 rings (SSSR count). The number of halogens is 3. The van der Waals surface area contributed by atoms with E-state index in [1.165, 1.54) is 3.57 Å². The SMILES string of the molecule is Clc1ccc(Cl)c(COc2ccc(I)cc2)c1. The predicted octanol–water partition coefficient (Wildman–Crippen LogP) is 5.18. The van der Waals surface area contributed by atoms with E-state index in [1.807, 2.05) is 30.3 Å². The molecule has 0 fully saturated rings. The summed E-state index contributed by atoms with van der Waals surface area (Å²) in [5.41, 5.74) is 0.887. The van der Waals surface area contributed by atoms with Crippen LogP contribution in [0.25, 0.3) is 0 Å². The Hall–Kier alpha value is -0.450. The van der Waals surface area contributed by atoms with Gasteiger partial charge in [0.2, 0.25) is 0 Å². The van der Waals surface area contributed by atoms with Crippen molar-refractivity contribution in [1.82, 2.24) is 0 Å². The predicted molar refractivity (Wildman–Crippen MR) is 80.0 cm³/mol. The van der Waals surface area contributed by atoms with Gasteiger partial charge in [-0.3, -0.25) is 0 Å². The van der Waals surface area contributed by atoms with E-state index in [4.69, 9.17) is 27.9 Å². The largest absolute Gasteiger partial charge is 0.489 e. The molecule has 0 saturated heterocycles. The van der Waals surface area contributed by atoms with E-state index in [0.29, 0.717) is 16.7 Å². The third-order valence-electron chi connectivity index (χ3n) is 2.22. The van der Waals surface area contributed by atoms with Crippen LogP contribution in [0.4, 0.5) is 0 Å². The van der Waals surface area contributed by atoms with Crippen molar-refractivity contribution in [3.05, 3.63) is 61.6 Å². The zero-order valence-corrected chi connectivity index (χ0v) is 12.5. The Labute approximate surface area is 124 Å². The normalized spacial score (nSPS) is 10.3. The first-order valence-electron chi connectivity index (χ1n) is 4.97. The van der Waals surface area contributed by atoms with Gasteiger partial charge >= 0.3 is 0 Å². The van der Waals surface area contributed by atoms with Crippen LogP contribution in [0.3, 0.4) is 0 Å². The standard InChI is InChI=1S/C13H9Cl2IO/c14-10-1-6-13(15)9(7-10)8-17-12-4-2-11(16)3-5-12/h1-7H,8H2. The van der Waals surface area contributed by atoms with Gasteiger partial charge in [0, 0.05) is 19.2 Å². The lowest BCUT2D eigenvalue weighted by Gasteiger charge is -2.08. The Kier molecular flexibility index (Phi) is 4.54. The highest BCUT2D eigenvalue weighted by atomic mass is 127. The summed E-state index contributed by atoms with van der Waals surface area (Å²) in [6.45, 7) is 0.417. The van der Waals surface area contributed by atoms with Gasteiger partial charge in [0.1, 0.15) is 12.4 Å². The van der Waals surface area contributed by atoms with Gasteiger partial charge in [0.25, 0.3) is 0 Å². The Bertz CT molecular complexity index is 511. The van der Waals surface area contributed by atoms with E-state index in [2.05, 4.69) is 22.6 Å². The lowest BCUT2D eigenvalue weighted by molar-refractivity contribution is 0.306. The van der Waals surface area contributed by atoms with E-state index < -0.39 is 0 Å². The summed E-state index contributed by atoms with van der Waals surface area (Å²) in [5.74, 6) is 0.821. The van der Waals surface area contributed by atoms with Gasteiger partial charge in [-0.1, -0.05) is 23.2 Å². The lowest BCUT2D eigenvalue weighted by atomic mass is 10.2. The third kappa shape index (κ3) is 3.76. The second-order valence-electron chi connectivity index (χ2n) is 3.48. The fourth-order valence-electron chi connectivity index (χ4n) is 1.35. The van der Waals surface area contributed by atoms with Crippen LogP contribution in [0, 0.1) is 3.57 Å². The Morgan fingerprint density at radius 1 is 1.00 bits per heavy atom. The molecule has 2 aromatic carbocycles. The molecule has 0 saturated carbocycles. The lowest BCUT2D eigenvalue weighted by Crippen LogP contribution is -1.96. The first-order chi connectivity index (χ1) is 8.15. The molecule has 17 heavy (non-hydrogen) atoms. The van der Waals surface area contributed by atoms with E-state index in [9.17, 15) is 0 Å². The zero-order chi connectivity index (χ0) is 12.3. The molecule has 0 unspecified atom stereocenters. The first-order valence-corrected chi connectivity index (χ1v) is 6.81. The number of hydrogen-bond donors (Lipinski definition) is 0.